The Kier molecular flexibility index (Phi) is 4.03. The monoisotopic (exact) mass is 399 g/mol. The molecule has 27 heavy (non-hydrogen) atoms. The van der Waals surface area contributed by atoms with E-state index in [1.165, 1.54) is 18.2 Å². The van der Waals surface area contributed by atoms with E-state index in [-0.39, 0.29) is 5.69 Å². The fourth-order valence-corrected chi connectivity index (χ4v) is 4.70. The molecule has 1 aliphatic carbocycles. The van der Waals surface area contributed by atoms with Gasteiger partial charge < -0.3 is 9.47 Å². The Bertz CT molecular complexity index is 982. The molecular weight excluding hydrogens is 383 g/mol. The minimum absolute atomic E-state index is 0.101. The van der Waals surface area contributed by atoms with Crippen molar-refractivity contribution in [2.24, 2.45) is 0 Å². The second-order valence-corrected chi connectivity index (χ2v) is 8.23. The first-order valence-electron chi connectivity index (χ1n) is 8.40. The number of rotatable bonds is 3. The van der Waals surface area contributed by atoms with Crippen molar-refractivity contribution in [3.05, 3.63) is 48.0 Å². The Hall–Kier alpha value is -2.42. The summed E-state index contributed by atoms with van der Waals surface area (Å²) in [4.78, 5) is -0.831. The molecule has 9 heteroatoms. The Morgan fingerprint density at radius 2 is 1.63 bits per heavy atom. The third kappa shape index (κ3) is 3.31. The normalized spacial score (nSPS) is 18.0. The van der Waals surface area contributed by atoms with Crippen molar-refractivity contribution in [1.82, 2.24) is 0 Å². The average molecular weight is 399 g/mol. The van der Waals surface area contributed by atoms with Gasteiger partial charge in [-0.1, -0.05) is 12.1 Å². The third-order valence-corrected chi connectivity index (χ3v) is 6.07. The zero-order valence-corrected chi connectivity index (χ0v) is 14.9. The van der Waals surface area contributed by atoms with Crippen LogP contribution in [0.1, 0.15) is 31.2 Å². The Morgan fingerprint density at radius 3 is 2.33 bits per heavy atom. The number of alkyl halides is 3. The Labute approximate surface area is 154 Å². The van der Waals surface area contributed by atoms with E-state index in [0.29, 0.717) is 11.5 Å². The molecular formula is C18H16F3NO4S. The molecule has 2 aromatic carbocycles. The zero-order chi connectivity index (χ0) is 19.3. The summed E-state index contributed by atoms with van der Waals surface area (Å²) in [5.74, 6) is 0.166. The molecule has 4 rings (SSSR count). The van der Waals surface area contributed by atoms with Gasteiger partial charge in [-0.25, -0.2) is 8.42 Å². The summed E-state index contributed by atoms with van der Waals surface area (Å²) in [6, 6.07) is 8.45. The van der Waals surface area contributed by atoms with Gasteiger partial charge in [-0.2, -0.15) is 13.2 Å². The average Bonchev–Trinajstić information content (AvgIpc) is 3.19. The van der Waals surface area contributed by atoms with Crippen LogP contribution < -0.4 is 14.2 Å². The predicted octanol–water partition coefficient (Wildman–Crippen LogP) is 4.55. The highest BCUT2D eigenvalue weighted by Crippen LogP contribution is 2.47. The van der Waals surface area contributed by atoms with Gasteiger partial charge in [-0.15, -0.1) is 0 Å². The highest BCUT2D eigenvalue weighted by atomic mass is 32.2. The van der Waals surface area contributed by atoms with Crippen molar-refractivity contribution in [2.75, 3.05) is 4.72 Å². The molecule has 0 bridgehead atoms. The molecule has 1 N–H and O–H groups in total. The molecule has 5 nitrogen and oxygen atoms in total. The predicted molar refractivity (Wildman–Crippen MR) is 91.1 cm³/mol. The number of nitrogens with one attached hydrogen (secondary N) is 1. The standard InChI is InChI=1S/C18H16F3NO4S/c19-18(20,21)13-5-1-2-6-16(13)27(23,24)22-12-7-8-14-15(11-12)26-17(25-14)9-3-4-10-17/h1-2,5-8,11,22H,3-4,9-10H2. The van der Waals surface area contributed by atoms with Gasteiger partial charge in [0.05, 0.1) is 16.1 Å². The molecule has 1 saturated carbocycles. The number of fused-ring (bicyclic) bond motifs is 1. The van der Waals surface area contributed by atoms with Crippen LogP contribution in [0.3, 0.4) is 0 Å². The summed E-state index contributed by atoms with van der Waals surface area (Å²) in [7, 11) is -4.44. The van der Waals surface area contributed by atoms with Crippen molar-refractivity contribution >= 4 is 15.7 Å². The third-order valence-electron chi connectivity index (χ3n) is 4.64. The molecule has 0 saturated heterocycles. The number of sulfonamides is 1. The first-order valence-corrected chi connectivity index (χ1v) is 9.88. The Balaban J connectivity index is 1.63. The summed E-state index contributed by atoms with van der Waals surface area (Å²) in [5.41, 5.74) is -1.12. The number of hydrogen-bond acceptors (Lipinski definition) is 4. The zero-order valence-electron chi connectivity index (χ0n) is 14.0. The quantitative estimate of drug-likeness (QED) is 0.823. The lowest BCUT2D eigenvalue weighted by Crippen LogP contribution is -2.34. The summed E-state index contributed by atoms with van der Waals surface area (Å²) in [6.45, 7) is 0. The van der Waals surface area contributed by atoms with Crippen LogP contribution in [0.2, 0.25) is 0 Å². The molecule has 1 heterocycles. The van der Waals surface area contributed by atoms with E-state index in [2.05, 4.69) is 4.72 Å². The molecule has 0 unspecified atom stereocenters. The summed E-state index contributed by atoms with van der Waals surface area (Å²) >= 11 is 0. The van der Waals surface area contributed by atoms with E-state index >= 15 is 0 Å². The SMILES string of the molecule is O=S(=O)(Nc1ccc2c(c1)OC1(CCCC1)O2)c1ccccc1C(F)(F)F. The fourth-order valence-electron chi connectivity index (χ4n) is 3.42. The molecule has 0 radical (unpaired) electrons. The maximum absolute atomic E-state index is 13.1. The lowest BCUT2D eigenvalue weighted by Gasteiger charge is -2.21. The van der Waals surface area contributed by atoms with Crippen LogP contribution in [0, 0.1) is 0 Å². The van der Waals surface area contributed by atoms with Gasteiger partial charge in [0.2, 0.25) is 0 Å². The van der Waals surface area contributed by atoms with E-state index in [1.807, 2.05) is 0 Å². The summed E-state index contributed by atoms with van der Waals surface area (Å²) < 4.78 is 78.4. The summed E-state index contributed by atoms with van der Waals surface area (Å²) in [5, 5.41) is 0. The number of ether oxygens (including phenoxy) is 2. The topological polar surface area (TPSA) is 64.6 Å². The van der Waals surface area contributed by atoms with Gasteiger partial charge >= 0.3 is 6.18 Å². The second-order valence-electron chi connectivity index (χ2n) is 6.58. The van der Waals surface area contributed by atoms with Gasteiger partial charge in [0.1, 0.15) is 0 Å². The lowest BCUT2D eigenvalue weighted by atomic mass is 10.2. The highest BCUT2D eigenvalue weighted by Gasteiger charge is 2.44. The molecule has 1 fully saturated rings. The van der Waals surface area contributed by atoms with Crippen LogP contribution in [-0.2, 0) is 16.2 Å². The maximum atomic E-state index is 13.1. The van der Waals surface area contributed by atoms with E-state index in [4.69, 9.17) is 9.47 Å². The van der Waals surface area contributed by atoms with Gasteiger partial charge in [0, 0.05) is 18.9 Å². The first kappa shape index (κ1) is 18.0. The van der Waals surface area contributed by atoms with E-state index in [9.17, 15) is 21.6 Å². The molecule has 0 atom stereocenters. The van der Waals surface area contributed by atoms with Gasteiger partial charge in [0.25, 0.3) is 15.8 Å². The molecule has 2 aliphatic rings. The highest BCUT2D eigenvalue weighted by molar-refractivity contribution is 7.92. The minimum Gasteiger partial charge on any atom is -0.448 e. The van der Waals surface area contributed by atoms with Crippen LogP contribution in [0.15, 0.2) is 47.4 Å². The Morgan fingerprint density at radius 1 is 0.963 bits per heavy atom. The van der Waals surface area contributed by atoms with E-state index < -0.39 is 32.4 Å². The number of hydrogen-bond donors (Lipinski definition) is 1. The van der Waals surface area contributed by atoms with Gasteiger partial charge in [0.15, 0.2) is 11.5 Å². The first-order chi connectivity index (χ1) is 12.7. The minimum atomic E-state index is -4.78. The van der Waals surface area contributed by atoms with Crippen molar-refractivity contribution in [3.8, 4) is 11.5 Å². The second kappa shape index (κ2) is 6.05. The smallest absolute Gasteiger partial charge is 0.417 e. The molecule has 0 aromatic heterocycles. The molecule has 0 amide bonds. The van der Waals surface area contributed by atoms with Crippen molar-refractivity contribution < 1.29 is 31.1 Å². The van der Waals surface area contributed by atoms with Gasteiger partial charge in [-0.05, 0) is 37.1 Å². The molecule has 1 spiro atoms. The van der Waals surface area contributed by atoms with Crippen LogP contribution in [0.4, 0.5) is 18.9 Å². The lowest BCUT2D eigenvalue weighted by molar-refractivity contribution is -0.139. The largest absolute Gasteiger partial charge is 0.448 e. The van der Waals surface area contributed by atoms with Crippen LogP contribution >= 0.6 is 0 Å². The molecule has 1 aliphatic heterocycles. The summed E-state index contributed by atoms with van der Waals surface area (Å²) in [6.07, 6.45) is -1.36. The maximum Gasteiger partial charge on any atom is 0.417 e. The van der Waals surface area contributed by atoms with Crippen LogP contribution in [0.5, 0.6) is 11.5 Å². The van der Waals surface area contributed by atoms with Crippen molar-refractivity contribution in [2.45, 2.75) is 42.5 Å². The van der Waals surface area contributed by atoms with E-state index in [1.54, 1.807) is 6.07 Å². The van der Waals surface area contributed by atoms with Crippen LogP contribution in [0.25, 0.3) is 0 Å². The number of anilines is 1. The van der Waals surface area contributed by atoms with Crippen molar-refractivity contribution in [1.29, 1.82) is 0 Å². The number of benzene rings is 2. The molecule has 2 aromatic rings. The van der Waals surface area contributed by atoms with Crippen LogP contribution in [-0.4, -0.2) is 14.2 Å². The molecule has 144 valence electrons. The number of halogens is 3. The van der Waals surface area contributed by atoms with Gasteiger partial charge in [-0.3, -0.25) is 4.72 Å². The van der Waals surface area contributed by atoms with Crippen molar-refractivity contribution in [3.63, 3.8) is 0 Å². The fraction of sp³-hybridized carbons (Fsp3) is 0.333. The van der Waals surface area contributed by atoms with E-state index in [0.717, 1.165) is 43.9 Å².